The lowest BCUT2D eigenvalue weighted by Gasteiger charge is -2.23. The number of nitrogens with zero attached hydrogens (tertiary/aromatic N) is 2. The van der Waals surface area contributed by atoms with Crippen LogP contribution in [0.1, 0.15) is 16.5 Å². The molecule has 1 unspecified atom stereocenters. The molecule has 0 aliphatic carbocycles. The molecule has 1 aromatic heterocycles. The van der Waals surface area contributed by atoms with Gasteiger partial charge in [0.2, 0.25) is 0 Å². The smallest absolute Gasteiger partial charge is 0.228 e. The van der Waals surface area contributed by atoms with E-state index in [4.69, 9.17) is 0 Å². The molecule has 114 valence electrons. The third-order valence-electron chi connectivity index (χ3n) is 3.35. The van der Waals surface area contributed by atoms with Crippen molar-refractivity contribution in [2.45, 2.75) is 11.7 Å². The molecule has 0 bridgehead atoms. The van der Waals surface area contributed by atoms with Crippen LogP contribution in [0.15, 0.2) is 17.5 Å². The summed E-state index contributed by atoms with van der Waals surface area (Å²) in [5.74, 6) is -0.136. The van der Waals surface area contributed by atoms with E-state index < -0.39 is 25.3 Å². The zero-order chi connectivity index (χ0) is 15.0. The SMILES string of the molecule is CN(C)S(=O)(=O)N1CCC(c2cccs2)S(=O)(=O)CC1. The average Bonchev–Trinajstić information content (AvgIpc) is 2.80. The standard InChI is InChI=1S/C11H18N2O4S3/c1-12(2)20(16,17)13-6-5-11(10-4-3-8-18-10)19(14,15)9-7-13/h3-4,8,11H,5-7,9H2,1-2H3. The quantitative estimate of drug-likeness (QED) is 0.814. The molecule has 2 heterocycles. The second-order valence-electron chi connectivity index (χ2n) is 4.85. The fraction of sp³-hybridized carbons (Fsp3) is 0.636. The molecule has 1 saturated heterocycles. The fourth-order valence-corrected chi connectivity index (χ4v) is 6.42. The van der Waals surface area contributed by atoms with Gasteiger partial charge in [0.25, 0.3) is 10.2 Å². The van der Waals surface area contributed by atoms with Crippen LogP contribution < -0.4 is 0 Å². The molecule has 9 heteroatoms. The minimum atomic E-state index is -3.56. The molecule has 0 spiro atoms. The van der Waals surface area contributed by atoms with Crippen molar-refractivity contribution in [3.63, 3.8) is 0 Å². The van der Waals surface area contributed by atoms with Gasteiger partial charge in [0.1, 0.15) is 0 Å². The van der Waals surface area contributed by atoms with E-state index in [9.17, 15) is 16.8 Å². The summed E-state index contributed by atoms with van der Waals surface area (Å²) in [4.78, 5) is 0.786. The van der Waals surface area contributed by atoms with E-state index in [0.717, 1.165) is 9.18 Å². The van der Waals surface area contributed by atoms with Crippen LogP contribution in [0.4, 0.5) is 0 Å². The molecule has 0 aromatic carbocycles. The summed E-state index contributed by atoms with van der Waals surface area (Å²) in [6.07, 6.45) is 0.302. The van der Waals surface area contributed by atoms with Crippen LogP contribution in [0.25, 0.3) is 0 Å². The Labute approximate surface area is 124 Å². The summed E-state index contributed by atoms with van der Waals surface area (Å²) in [5.41, 5.74) is 0. The topological polar surface area (TPSA) is 74.8 Å². The van der Waals surface area contributed by atoms with E-state index in [0.29, 0.717) is 6.42 Å². The molecule has 0 saturated carbocycles. The highest BCUT2D eigenvalue weighted by molar-refractivity contribution is 7.92. The summed E-state index contributed by atoms with van der Waals surface area (Å²) in [6, 6.07) is 3.61. The Morgan fingerprint density at radius 3 is 2.60 bits per heavy atom. The van der Waals surface area contributed by atoms with Gasteiger partial charge in [0.05, 0.1) is 11.0 Å². The van der Waals surface area contributed by atoms with Crippen molar-refractivity contribution in [1.29, 1.82) is 0 Å². The number of hydrogen-bond acceptors (Lipinski definition) is 5. The molecule has 0 amide bonds. The van der Waals surface area contributed by atoms with E-state index in [2.05, 4.69) is 0 Å². The van der Waals surface area contributed by atoms with E-state index in [-0.39, 0.29) is 18.8 Å². The first kappa shape index (κ1) is 15.9. The van der Waals surface area contributed by atoms with Crippen LogP contribution in [-0.4, -0.2) is 58.4 Å². The van der Waals surface area contributed by atoms with Crippen LogP contribution >= 0.6 is 11.3 Å². The first-order valence-electron chi connectivity index (χ1n) is 6.18. The maximum absolute atomic E-state index is 12.3. The monoisotopic (exact) mass is 338 g/mol. The number of hydrogen-bond donors (Lipinski definition) is 0. The highest BCUT2D eigenvalue weighted by Crippen LogP contribution is 2.32. The Balaban J connectivity index is 2.27. The zero-order valence-electron chi connectivity index (χ0n) is 11.4. The Kier molecular flexibility index (Phi) is 4.55. The van der Waals surface area contributed by atoms with Gasteiger partial charge >= 0.3 is 0 Å². The molecule has 1 aliphatic heterocycles. The molecule has 2 rings (SSSR count). The van der Waals surface area contributed by atoms with E-state index in [1.54, 1.807) is 6.07 Å². The fourth-order valence-electron chi connectivity index (χ4n) is 2.18. The molecule has 0 N–H and O–H groups in total. The largest absolute Gasteiger partial charge is 0.281 e. The lowest BCUT2D eigenvalue weighted by molar-refractivity contribution is 0.388. The summed E-state index contributed by atoms with van der Waals surface area (Å²) >= 11 is 1.40. The predicted octanol–water partition coefficient (Wildman–Crippen LogP) is 0.716. The van der Waals surface area contributed by atoms with Gasteiger partial charge < -0.3 is 0 Å². The van der Waals surface area contributed by atoms with Crippen molar-refractivity contribution >= 4 is 31.4 Å². The number of thiophene rings is 1. The molecule has 1 aliphatic rings. The Morgan fingerprint density at radius 2 is 2.05 bits per heavy atom. The summed E-state index contributed by atoms with van der Waals surface area (Å²) < 4.78 is 51.2. The third-order valence-corrected chi connectivity index (χ3v) is 8.53. The lowest BCUT2D eigenvalue weighted by atomic mass is 10.2. The van der Waals surface area contributed by atoms with E-state index in [1.807, 2.05) is 11.4 Å². The van der Waals surface area contributed by atoms with Crippen molar-refractivity contribution in [2.24, 2.45) is 0 Å². The molecule has 6 nitrogen and oxygen atoms in total. The molecular formula is C11H18N2O4S3. The van der Waals surface area contributed by atoms with Crippen molar-refractivity contribution in [3.05, 3.63) is 22.4 Å². The zero-order valence-corrected chi connectivity index (χ0v) is 13.8. The molecule has 1 atom stereocenters. The second kappa shape index (κ2) is 5.72. The minimum Gasteiger partial charge on any atom is -0.228 e. The molecule has 1 fully saturated rings. The minimum absolute atomic E-state index is 0.0186. The van der Waals surface area contributed by atoms with Gasteiger partial charge in [-0.3, -0.25) is 0 Å². The van der Waals surface area contributed by atoms with Crippen LogP contribution in [-0.2, 0) is 20.0 Å². The van der Waals surface area contributed by atoms with E-state index >= 15 is 0 Å². The van der Waals surface area contributed by atoms with Crippen LogP contribution in [0, 0.1) is 0 Å². The first-order valence-corrected chi connectivity index (χ1v) is 10.2. The molecule has 1 aromatic rings. The van der Waals surface area contributed by atoms with Crippen molar-refractivity contribution in [2.75, 3.05) is 32.9 Å². The average molecular weight is 338 g/mol. The van der Waals surface area contributed by atoms with Crippen molar-refractivity contribution in [1.82, 2.24) is 8.61 Å². The van der Waals surface area contributed by atoms with Gasteiger partial charge in [-0.05, 0) is 17.9 Å². The summed E-state index contributed by atoms with van der Waals surface area (Å²) in [7, 11) is -3.98. The highest BCUT2D eigenvalue weighted by Gasteiger charge is 2.36. The normalized spacial score (nSPS) is 24.6. The van der Waals surface area contributed by atoms with Crippen LogP contribution in [0.3, 0.4) is 0 Å². The number of rotatable bonds is 3. The van der Waals surface area contributed by atoms with Gasteiger partial charge in [-0.15, -0.1) is 11.3 Å². The van der Waals surface area contributed by atoms with Gasteiger partial charge in [-0.1, -0.05) is 6.07 Å². The maximum atomic E-state index is 12.3. The summed E-state index contributed by atoms with van der Waals surface area (Å²) in [6.45, 7) is 0.243. The second-order valence-corrected chi connectivity index (χ2v) is 10.3. The van der Waals surface area contributed by atoms with Gasteiger partial charge in [0.15, 0.2) is 9.84 Å². The van der Waals surface area contributed by atoms with Gasteiger partial charge in [-0.2, -0.15) is 17.0 Å². The Bertz CT molecular complexity index is 650. The number of sulfone groups is 1. The first-order chi connectivity index (χ1) is 9.25. The lowest BCUT2D eigenvalue weighted by Crippen LogP contribution is -2.41. The van der Waals surface area contributed by atoms with Crippen molar-refractivity contribution in [3.8, 4) is 0 Å². The van der Waals surface area contributed by atoms with Crippen LogP contribution in [0.5, 0.6) is 0 Å². The Morgan fingerprint density at radius 1 is 1.35 bits per heavy atom. The maximum Gasteiger partial charge on any atom is 0.281 e. The van der Waals surface area contributed by atoms with Crippen LogP contribution in [0.2, 0.25) is 0 Å². The predicted molar refractivity (Wildman–Crippen MR) is 79.6 cm³/mol. The highest BCUT2D eigenvalue weighted by atomic mass is 32.2. The molecule has 0 radical (unpaired) electrons. The third kappa shape index (κ3) is 3.06. The van der Waals surface area contributed by atoms with Gasteiger partial charge in [-0.25, -0.2) is 8.42 Å². The van der Waals surface area contributed by atoms with Crippen molar-refractivity contribution < 1.29 is 16.8 Å². The molecule has 20 heavy (non-hydrogen) atoms. The molecular weight excluding hydrogens is 320 g/mol. The summed E-state index contributed by atoms with van der Waals surface area (Å²) in [5, 5.41) is 1.24. The van der Waals surface area contributed by atoms with E-state index in [1.165, 1.54) is 29.7 Å². The van der Waals surface area contributed by atoms with Gasteiger partial charge in [0, 0.05) is 32.1 Å². The Hall–Kier alpha value is -0.480.